The Kier molecular flexibility index (Phi) is 7.87. The maximum absolute atomic E-state index is 9.41. The average molecular weight is 241 g/mol. The third kappa shape index (κ3) is 7.77. The summed E-state index contributed by atoms with van der Waals surface area (Å²) in [5.41, 5.74) is 0. The second-order valence-electron chi connectivity index (χ2n) is 6.06. The van der Waals surface area contributed by atoms with Crippen LogP contribution in [0.4, 0.5) is 0 Å². The number of rotatable bonds is 8. The second kappa shape index (κ2) is 8.93. The standard InChI is InChI=1S/C15H31NO/c1-13(2)7-5-3-4-6-12-16-14-8-10-15(17)11-9-14/h13-17H,3-12H2,1-2H3. The molecule has 0 aromatic rings. The highest BCUT2D eigenvalue weighted by atomic mass is 16.3. The fourth-order valence-electron chi connectivity index (χ4n) is 2.62. The lowest BCUT2D eigenvalue weighted by Gasteiger charge is -2.26. The molecule has 0 aromatic heterocycles. The van der Waals surface area contributed by atoms with Crippen LogP contribution in [0, 0.1) is 5.92 Å². The maximum atomic E-state index is 9.41. The first-order chi connectivity index (χ1) is 8.18. The highest BCUT2D eigenvalue weighted by Gasteiger charge is 2.18. The molecule has 0 unspecified atom stereocenters. The summed E-state index contributed by atoms with van der Waals surface area (Å²) in [5.74, 6) is 0.863. The van der Waals surface area contributed by atoms with Crippen LogP contribution in [0.1, 0.15) is 71.6 Å². The van der Waals surface area contributed by atoms with Gasteiger partial charge in [0.1, 0.15) is 0 Å². The molecule has 0 heterocycles. The lowest BCUT2D eigenvalue weighted by molar-refractivity contribution is 0.117. The van der Waals surface area contributed by atoms with Crippen molar-refractivity contribution < 1.29 is 5.11 Å². The zero-order valence-electron chi connectivity index (χ0n) is 11.8. The topological polar surface area (TPSA) is 32.3 Å². The van der Waals surface area contributed by atoms with E-state index in [9.17, 15) is 5.11 Å². The van der Waals surface area contributed by atoms with E-state index < -0.39 is 0 Å². The predicted molar refractivity (Wildman–Crippen MR) is 74.2 cm³/mol. The lowest BCUT2D eigenvalue weighted by Crippen LogP contribution is -2.35. The summed E-state index contributed by atoms with van der Waals surface area (Å²) in [6.07, 6.45) is 11.1. The van der Waals surface area contributed by atoms with Crippen molar-refractivity contribution in [1.82, 2.24) is 5.32 Å². The largest absolute Gasteiger partial charge is 0.393 e. The Labute approximate surface area is 107 Å². The van der Waals surface area contributed by atoms with E-state index in [1.165, 1.54) is 38.6 Å². The quantitative estimate of drug-likeness (QED) is 0.638. The summed E-state index contributed by atoms with van der Waals surface area (Å²) >= 11 is 0. The lowest BCUT2D eigenvalue weighted by atomic mass is 9.93. The predicted octanol–water partition coefficient (Wildman–Crippen LogP) is 3.49. The summed E-state index contributed by atoms with van der Waals surface area (Å²) in [6.45, 7) is 5.78. The van der Waals surface area contributed by atoms with E-state index in [-0.39, 0.29) is 6.10 Å². The van der Waals surface area contributed by atoms with Gasteiger partial charge in [-0.05, 0) is 44.6 Å². The van der Waals surface area contributed by atoms with Crippen molar-refractivity contribution in [1.29, 1.82) is 0 Å². The number of hydrogen-bond acceptors (Lipinski definition) is 2. The summed E-state index contributed by atoms with van der Waals surface area (Å²) in [5, 5.41) is 13.0. The first-order valence-corrected chi connectivity index (χ1v) is 7.60. The van der Waals surface area contributed by atoms with Crippen LogP contribution < -0.4 is 5.32 Å². The molecule has 0 aliphatic heterocycles. The SMILES string of the molecule is CC(C)CCCCCCNC1CCC(O)CC1. The highest BCUT2D eigenvalue weighted by Crippen LogP contribution is 2.18. The molecule has 0 saturated heterocycles. The number of hydrogen-bond donors (Lipinski definition) is 2. The fraction of sp³-hybridized carbons (Fsp3) is 1.00. The molecule has 1 aliphatic carbocycles. The van der Waals surface area contributed by atoms with Crippen molar-refractivity contribution in [2.45, 2.75) is 83.8 Å². The molecule has 0 spiro atoms. The normalized spacial score (nSPS) is 25.4. The summed E-state index contributed by atoms with van der Waals surface area (Å²) in [4.78, 5) is 0. The van der Waals surface area contributed by atoms with Crippen LogP contribution in [0.15, 0.2) is 0 Å². The minimum atomic E-state index is -0.0240. The van der Waals surface area contributed by atoms with Crippen LogP contribution in [0.3, 0.4) is 0 Å². The first kappa shape index (κ1) is 15.0. The van der Waals surface area contributed by atoms with Crippen LogP contribution in [-0.4, -0.2) is 23.8 Å². The molecule has 2 N–H and O–H groups in total. The molecule has 0 bridgehead atoms. The minimum absolute atomic E-state index is 0.0240. The molecule has 1 aliphatic rings. The summed E-state index contributed by atoms with van der Waals surface area (Å²) in [6, 6.07) is 0.675. The van der Waals surface area contributed by atoms with Gasteiger partial charge >= 0.3 is 0 Å². The van der Waals surface area contributed by atoms with Crippen molar-refractivity contribution in [3.05, 3.63) is 0 Å². The van der Waals surface area contributed by atoms with Gasteiger partial charge in [0.2, 0.25) is 0 Å². The van der Waals surface area contributed by atoms with Gasteiger partial charge in [-0.3, -0.25) is 0 Å². The Hall–Kier alpha value is -0.0800. The molecule has 1 saturated carbocycles. The number of nitrogens with one attached hydrogen (secondary N) is 1. The van der Waals surface area contributed by atoms with Crippen molar-refractivity contribution in [2.24, 2.45) is 5.92 Å². The van der Waals surface area contributed by atoms with Gasteiger partial charge in [0, 0.05) is 6.04 Å². The van der Waals surface area contributed by atoms with Crippen molar-refractivity contribution in [3.63, 3.8) is 0 Å². The molecule has 1 fully saturated rings. The van der Waals surface area contributed by atoms with Crippen LogP contribution in [0.5, 0.6) is 0 Å². The van der Waals surface area contributed by atoms with Gasteiger partial charge in [0.15, 0.2) is 0 Å². The molecule has 0 atom stereocenters. The molecule has 102 valence electrons. The van der Waals surface area contributed by atoms with Crippen molar-refractivity contribution in [3.8, 4) is 0 Å². The molecule has 17 heavy (non-hydrogen) atoms. The van der Waals surface area contributed by atoms with Gasteiger partial charge in [0.25, 0.3) is 0 Å². The van der Waals surface area contributed by atoms with E-state index in [2.05, 4.69) is 19.2 Å². The molecule has 2 nitrogen and oxygen atoms in total. The zero-order valence-corrected chi connectivity index (χ0v) is 11.8. The third-order valence-electron chi connectivity index (χ3n) is 3.84. The Balaban J connectivity index is 1.84. The van der Waals surface area contributed by atoms with E-state index in [4.69, 9.17) is 0 Å². The van der Waals surface area contributed by atoms with Crippen molar-refractivity contribution in [2.75, 3.05) is 6.54 Å². The Morgan fingerprint density at radius 3 is 2.29 bits per heavy atom. The van der Waals surface area contributed by atoms with Crippen molar-refractivity contribution >= 4 is 0 Å². The van der Waals surface area contributed by atoms with E-state index in [1.807, 2.05) is 0 Å². The van der Waals surface area contributed by atoms with Crippen LogP contribution in [0.25, 0.3) is 0 Å². The molecule has 1 rings (SSSR count). The number of aliphatic hydroxyl groups is 1. The Morgan fingerprint density at radius 2 is 1.65 bits per heavy atom. The average Bonchev–Trinajstić information content (AvgIpc) is 2.30. The number of unbranched alkanes of at least 4 members (excludes halogenated alkanes) is 3. The van der Waals surface area contributed by atoms with Crippen LogP contribution in [0.2, 0.25) is 0 Å². The van der Waals surface area contributed by atoms with E-state index >= 15 is 0 Å². The molecular weight excluding hydrogens is 210 g/mol. The zero-order chi connectivity index (χ0) is 12.5. The van der Waals surface area contributed by atoms with Gasteiger partial charge in [-0.1, -0.05) is 39.5 Å². The molecule has 0 aromatic carbocycles. The Morgan fingerprint density at radius 1 is 1.00 bits per heavy atom. The second-order valence-corrected chi connectivity index (χ2v) is 6.06. The molecule has 0 amide bonds. The third-order valence-corrected chi connectivity index (χ3v) is 3.84. The summed E-state index contributed by atoms with van der Waals surface area (Å²) < 4.78 is 0. The van der Waals surface area contributed by atoms with Crippen LogP contribution >= 0.6 is 0 Å². The van der Waals surface area contributed by atoms with E-state index in [0.717, 1.165) is 31.6 Å². The van der Waals surface area contributed by atoms with Gasteiger partial charge in [-0.15, -0.1) is 0 Å². The number of aliphatic hydroxyl groups excluding tert-OH is 1. The van der Waals surface area contributed by atoms with Crippen LogP contribution in [-0.2, 0) is 0 Å². The van der Waals surface area contributed by atoms with E-state index in [0.29, 0.717) is 6.04 Å². The highest BCUT2D eigenvalue weighted by molar-refractivity contribution is 4.76. The van der Waals surface area contributed by atoms with Gasteiger partial charge in [-0.2, -0.15) is 0 Å². The smallest absolute Gasteiger partial charge is 0.0541 e. The monoisotopic (exact) mass is 241 g/mol. The van der Waals surface area contributed by atoms with Gasteiger partial charge in [0.05, 0.1) is 6.10 Å². The maximum Gasteiger partial charge on any atom is 0.0541 e. The molecule has 0 radical (unpaired) electrons. The summed E-state index contributed by atoms with van der Waals surface area (Å²) in [7, 11) is 0. The van der Waals surface area contributed by atoms with E-state index in [1.54, 1.807) is 0 Å². The van der Waals surface area contributed by atoms with Gasteiger partial charge < -0.3 is 10.4 Å². The molecular formula is C15H31NO. The fourth-order valence-corrected chi connectivity index (χ4v) is 2.62. The van der Waals surface area contributed by atoms with Gasteiger partial charge in [-0.25, -0.2) is 0 Å². The molecule has 2 heteroatoms. The first-order valence-electron chi connectivity index (χ1n) is 7.60. The minimum Gasteiger partial charge on any atom is -0.393 e. The Bertz CT molecular complexity index is 174.